The highest BCUT2D eigenvalue weighted by Gasteiger charge is 2.17. The van der Waals surface area contributed by atoms with Gasteiger partial charge in [-0.25, -0.2) is 0 Å². The summed E-state index contributed by atoms with van der Waals surface area (Å²) in [6.45, 7) is 7.65. The Hall–Kier alpha value is -1.82. The molecule has 0 aliphatic heterocycles. The number of carbonyl (C=O) groups is 1. The second kappa shape index (κ2) is 5.68. The van der Waals surface area contributed by atoms with Crippen molar-refractivity contribution < 1.29 is 9.53 Å². The van der Waals surface area contributed by atoms with E-state index in [4.69, 9.17) is 10.00 Å². The van der Waals surface area contributed by atoms with E-state index >= 15 is 0 Å². The van der Waals surface area contributed by atoms with Crippen molar-refractivity contribution in [2.45, 2.75) is 34.1 Å². The maximum absolute atomic E-state index is 11.5. The number of nitrogens with zero attached hydrogens (tertiary/aromatic N) is 1. The zero-order valence-corrected chi connectivity index (χ0v) is 11.4. The number of carbonyl (C=O) groups excluding carboxylic acids is 1. The van der Waals surface area contributed by atoms with Crippen LogP contribution in [-0.4, -0.2) is 12.4 Å². The highest BCUT2D eigenvalue weighted by Crippen LogP contribution is 2.23. The minimum atomic E-state index is -0.402. The molecule has 0 N–H and O–H groups in total. The summed E-state index contributed by atoms with van der Waals surface area (Å²) in [5.41, 5.74) is 1.23. The van der Waals surface area contributed by atoms with Crippen molar-refractivity contribution >= 4 is 5.78 Å². The van der Waals surface area contributed by atoms with Gasteiger partial charge in [0.2, 0.25) is 0 Å². The average molecular weight is 245 g/mol. The summed E-state index contributed by atoms with van der Waals surface area (Å²) in [6.07, 6.45) is 0.634. The van der Waals surface area contributed by atoms with E-state index in [9.17, 15) is 4.79 Å². The van der Waals surface area contributed by atoms with Crippen LogP contribution in [0.25, 0.3) is 0 Å². The van der Waals surface area contributed by atoms with Gasteiger partial charge in [0.25, 0.3) is 0 Å². The van der Waals surface area contributed by atoms with Crippen LogP contribution >= 0.6 is 0 Å². The van der Waals surface area contributed by atoms with Crippen LogP contribution in [0.15, 0.2) is 18.2 Å². The fourth-order valence-corrected chi connectivity index (χ4v) is 1.52. The second-order valence-electron chi connectivity index (χ2n) is 5.15. The third kappa shape index (κ3) is 3.89. The van der Waals surface area contributed by atoms with Crippen LogP contribution in [0.2, 0.25) is 0 Å². The van der Waals surface area contributed by atoms with Gasteiger partial charge in [0, 0.05) is 0 Å². The molecule has 96 valence electrons. The number of Topliss-reactive ketones (excluding diaryl/α,β-unsaturated/α-hetero) is 1. The van der Waals surface area contributed by atoms with Crippen LogP contribution in [0, 0.1) is 23.7 Å². The van der Waals surface area contributed by atoms with E-state index in [-0.39, 0.29) is 5.78 Å². The van der Waals surface area contributed by atoms with Crippen molar-refractivity contribution in [2.24, 2.45) is 5.41 Å². The minimum Gasteiger partial charge on any atom is -0.493 e. The van der Waals surface area contributed by atoms with E-state index in [1.807, 2.05) is 39.0 Å². The molecule has 18 heavy (non-hydrogen) atoms. The highest BCUT2D eigenvalue weighted by molar-refractivity contribution is 5.97. The lowest BCUT2D eigenvalue weighted by atomic mass is 9.92. The van der Waals surface area contributed by atoms with Crippen molar-refractivity contribution in [3.63, 3.8) is 0 Å². The van der Waals surface area contributed by atoms with Crippen LogP contribution < -0.4 is 4.74 Å². The first-order valence-electron chi connectivity index (χ1n) is 6.01. The van der Waals surface area contributed by atoms with Gasteiger partial charge in [-0.2, -0.15) is 5.26 Å². The van der Waals surface area contributed by atoms with Gasteiger partial charge in [-0.3, -0.25) is 4.79 Å². The third-order valence-electron chi connectivity index (χ3n) is 2.80. The number of hydrogen-bond donors (Lipinski definition) is 0. The monoisotopic (exact) mass is 245 g/mol. The molecule has 1 aromatic rings. The summed E-state index contributed by atoms with van der Waals surface area (Å²) < 4.78 is 5.62. The van der Waals surface area contributed by atoms with Crippen LogP contribution in [0.1, 0.15) is 43.1 Å². The van der Waals surface area contributed by atoms with Crippen molar-refractivity contribution in [1.29, 1.82) is 5.26 Å². The fourth-order valence-electron chi connectivity index (χ4n) is 1.52. The predicted octanol–water partition coefficient (Wildman–Crippen LogP) is 3.52. The molecule has 0 radical (unpaired) electrons. The molecule has 3 heteroatoms. The minimum absolute atomic E-state index is 0.00626. The molecule has 0 saturated heterocycles. The van der Waals surface area contributed by atoms with Gasteiger partial charge < -0.3 is 4.74 Å². The molecule has 0 bridgehead atoms. The molecule has 0 heterocycles. The Morgan fingerprint density at radius 2 is 2.11 bits per heavy atom. The molecule has 1 rings (SSSR count). The van der Waals surface area contributed by atoms with Gasteiger partial charge in [-0.15, -0.1) is 0 Å². The quantitative estimate of drug-likeness (QED) is 0.746. The van der Waals surface area contributed by atoms with Gasteiger partial charge in [0.15, 0.2) is 5.78 Å². The molecular formula is C15H19NO2. The Labute approximate surface area is 108 Å². The molecular weight excluding hydrogens is 226 g/mol. The number of ether oxygens (including phenoxy) is 1. The Balaban J connectivity index is 2.74. The third-order valence-corrected chi connectivity index (χ3v) is 2.80. The first-order valence-corrected chi connectivity index (χ1v) is 6.01. The number of aryl methyl sites for hydroxylation is 1. The number of benzene rings is 1. The highest BCUT2D eigenvalue weighted by atomic mass is 16.5. The Bertz CT molecular complexity index is 484. The van der Waals surface area contributed by atoms with Crippen molar-refractivity contribution in [1.82, 2.24) is 0 Å². The smallest absolute Gasteiger partial charge is 0.163 e. The molecule has 3 nitrogen and oxygen atoms in total. The first-order chi connectivity index (χ1) is 8.35. The Kier molecular flexibility index (Phi) is 4.49. The Morgan fingerprint density at radius 1 is 1.44 bits per heavy atom. The molecule has 0 atom stereocenters. The lowest BCUT2D eigenvalue weighted by Crippen LogP contribution is -2.14. The first kappa shape index (κ1) is 14.2. The van der Waals surface area contributed by atoms with E-state index < -0.39 is 5.41 Å². The molecule has 0 aromatic heterocycles. The Morgan fingerprint density at radius 3 is 2.67 bits per heavy atom. The zero-order valence-electron chi connectivity index (χ0n) is 11.4. The standard InChI is InChI=1S/C15H19NO2/c1-11-5-6-14(13(9-11)12(2)17)18-8-7-15(3,4)10-16/h5-6,9H,7-8H2,1-4H3. The van der Waals surface area contributed by atoms with Gasteiger partial charge in [0.05, 0.1) is 23.7 Å². The lowest BCUT2D eigenvalue weighted by molar-refractivity contribution is 0.101. The summed E-state index contributed by atoms with van der Waals surface area (Å²) in [5.74, 6) is 0.593. The summed E-state index contributed by atoms with van der Waals surface area (Å²) in [7, 11) is 0. The van der Waals surface area contributed by atoms with Crippen molar-refractivity contribution in [2.75, 3.05) is 6.61 Å². The van der Waals surface area contributed by atoms with Gasteiger partial charge in [0.1, 0.15) is 5.75 Å². The lowest BCUT2D eigenvalue weighted by Gasteiger charge is -2.16. The van der Waals surface area contributed by atoms with Crippen LogP contribution in [0.4, 0.5) is 0 Å². The number of hydrogen-bond acceptors (Lipinski definition) is 3. The van der Waals surface area contributed by atoms with Gasteiger partial charge >= 0.3 is 0 Å². The van der Waals surface area contributed by atoms with Crippen molar-refractivity contribution in [3.05, 3.63) is 29.3 Å². The average Bonchev–Trinajstić information content (AvgIpc) is 2.30. The molecule has 0 fully saturated rings. The second-order valence-corrected chi connectivity index (χ2v) is 5.15. The van der Waals surface area contributed by atoms with E-state index in [0.29, 0.717) is 24.3 Å². The predicted molar refractivity (Wildman–Crippen MR) is 70.7 cm³/mol. The summed E-state index contributed by atoms with van der Waals surface area (Å²) >= 11 is 0. The number of ketones is 1. The zero-order chi connectivity index (χ0) is 13.8. The molecule has 0 aliphatic carbocycles. The molecule has 0 unspecified atom stereocenters. The van der Waals surface area contributed by atoms with Crippen LogP contribution in [-0.2, 0) is 0 Å². The van der Waals surface area contributed by atoms with Gasteiger partial charge in [-0.1, -0.05) is 11.6 Å². The summed E-state index contributed by atoms with van der Waals surface area (Å²) in [6, 6.07) is 7.78. The molecule has 0 aliphatic rings. The molecule has 0 amide bonds. The molecule has 1 aromatic carbocycles. The van der Waals surface area contributed by atoms with Crippen molar-refractivity contribution in [3.8, 4) is 11.8 Å². The SMILES string of the molecule is CC(=O)c1cc(C)ccc1OCCC(C)(C)C#N. The largest absolute Gasteiger partial charge is 0.493 e. The number of nitriles is 1. The fraction of sp³-hybridized carbons (Fsp3) is 0.467. The maximum atomic E-state index is 11.5. The van der Waals surface area contributed by atoms with Gasteiger partial charge in [-0.05, 0) is 46.2 Å². The van der Waals surface area contributed by atoms with E-state index in [1.165, 1.54) is 6.92 Å². The molecule has 0 spiro atoms. The van der Waals surface area contributed by atoms with E-state index in [2.05, 4.69) is 6.07 Å². The summed E-state index contributed by atoms with van der Waals surface area (Å²) in [5, 5.41) is 8.91. The summed E-state index contributed by atoms with van der Waals surface area (Å²) in [4.78, 5) is 11.5. The normalized spacial score (nSPS) is 10.8. The van der Waals surface area contributed by atoms with Crippen LogP contribution in [0.3, 0.4) is 0 Å². The maximum Gasteiger partial charge on any atom is 0.163 e. The van der Waals surface area contributed by atoms with Crippen LogP contribution in [0.5, 0.6) is 5.75 Å². The number of rotatable bonds is 5. The van der Waals surface area contributed by atoms with E-state index in [0.717, 1.165) is 5.56 Å². The topological polar surface area (TPSA) is 50.1 Å². The van der Waals surface area contributed by atoms with E-state index in [1.54, 1.807) is 0 Å². The molecule has 0 saturated carbocycles.